The van der Waals surface area contributed by atoms with Crippen LogP contribution in [0.5, 0.6) is 5.75 Å². The number of carbonyl (C=O) groups excluding carboxylic acids is 1. The highest BCUT2D eigenvalue weighted by Gasteiger charge is 2.17. The number of hydrogen-bond acceptors (Lipinski definition) is 4. The van der Waals surface area contributed by atoms with E-state index in [0.29, 0.717) is 11.4 Å². The fourth-order valence-electron chi connectivity index (χ4n) is 1.66. The van der Waals surface area contributed by atoms with Crippen molar-refractivity contribution in [1.82, 2.24) is 9.78 Å². The fourth-order valence-corrected chi connectivity index (χ4v) is 2.46. The van der Waals surface area contributed by atoms with Crippen LogP contribution in [0.1, 0.15) is 10.5 Å². The van der Waals surface area contributed by atoms with Gasteiger partial charge in [0.15, 0.2) is 11.5 Å². The number of ether oxygens (including phenoxy) is 1. The maximum atomic E-state index is 13.0. The Bertz CT molecular complexity index is 598. The molecule has 0 aliphatic rings. The van der Waals surface area contributed by atoms with E-state index in [0.717, 1.165) is 4.90 Å². The summed E-state index contributed by atoms with van der Waals surface area (Å²) in [5.74, 6) is 0.244. The summed E-state index contributed by atoms with van der Waals surface area (Å²) in [6, 6.07) is 6.16. The number of carbonyl (C=O) groups is 1. The van der Waals surface area contributed by atoms with E-state index < -0.39 is 0 Å². The molecule has 2 aromatic rings. The molecule has 0 saturated heterocycles. The van der Waals surface area contributed by atoms with Crippen molar-refractivity contribution in [2.24, 2.45) is 7.05 Å². The first-order chi connectivity index (χ1) is 9.11. The van der Waals surface area contributed by atoms with E-state index in [2.05, 4.69) is 5.10 Å². The minimum Gasteiger partial charge on any atom is -0.493 e. The molecular weight excluding hydrogens is 267 g/mol. The third-order valence-electron chi connectivity index (χ3n) is 2.56. The van der Waals surface area contributed by atoms with E-state index in [1.807, 2.05) is 0 Å². The van der Waals surface area contributed by atoms with E-state index in [4.69, 9.17) is 4.74 Å². The van der Waals surface area contributed by atoms with Crippen molar-refractivity contribution in [3.8, 4) is 5.75 Å². The molecule has 2 rings (SSSR count). The zero-order valence-electron chi connectivity index (χ0n) is 10.6. The number of hydrogen-bond donors (Lipinski definition) is 0. The van der Waals surface area contributed by atoms with E-state index >= 15 is 0 Å². The van der Waals surface area contributed by atoms with Gasteiger partial charge in [-0.25, -0.2) is 4.39 Å². The van der Waals surface area contributed by atoms with Crippen LogP contribution < -0.4 is 4.74 Å². The Balaban J connectivity index is 2.07. The van der Waals surface area contributed by atoms with Crippen LogP contribution in [0.25, 0.3) is 0 Å². The SMILES string of the molecule is COc1cnn(C)c1C(=O)CSc1cccc(F)c1. The highest BCUT2D eigenvalue weighted by molar-refractivity contribution is 8.00. The van der Waals surface area contributed by atoms with Crippen LogP contribution in [0.4, 0.5) is 4.39 Å². The number of Topliss-reactive ketones (excluding diaryl/α,β-unsaturated/α-hetero) is 1. The second-order valence-electron chi connectivity index (χ2n) is 3.85. The maximum absolute atomic E-state index is 13.0. The molecule has 1 heterocycles. The van der Waals surface area contributed by atoms with Gasteiger partial charge >= 0.3 is 0 Å². The smallest absolute Gasteiger partial charge is 0.194 e. The highest BCUT2D eigenvalue weighted by Crippen LogP contribution is 2.23. The van der Waals surface area contributed by atoms with Crippen molar-refractivity contribution in [2.45, 2.75) is 4.90 Å². The van der Waals surface area contributed by atoms with Crippen molar-refractivity contribution >= 4 is 17.5 Å². The van der Waals surface area contributed by atoms with Gasteiger partial charge in [0, 0.05) is 11.9 Å². The standard InChI is InChI=1S/C13H13FN2O2S/c1-16-13(12(18-2)7-15-16)11(17)8-19-10-5-3-4-9(14)6-10/h3-7H,8H2,1-2H3. The largest absolute Gasteiger partial charge is 0.493 e. The molecule has 0 amide bonds. The first-order valence-electron chi connectivity index (χ1n) is 5.59. The molecule has 0 atom stereocenters. The van der Waals surface area contributed by atoms with Gasteiger partial charge in [0.1, 0.15) is 11.5 Å². The van der Waals surface area contributed by atoms with Gasteiger partial charge in [-0.15, -0.1) is 11.8 Å². The van der Waals surface area contributed by atoms with Gasteiger partial charge in [-0.2, -0.15) is 5.10 Å². The van der Waals surface area contributed by atoms with Crippen LogP contribution in [-0.4, -0.2) is 28.4 Å². The first-order valence-corrected chi connectivity index (χ1v) is 6.58. The molecule has 0 spiro atoms. The lowest BCUT2D eigenvalue weighted by molar-refractivity contribution is 0.101. The molecule has 4 nitrogen and oxygen atoms in total. The summed E-state index contributed by atoms with van der Waals surface area (Å²) in [6.07, 6.45) is 1.50. The van der Waals surface area contributed by atoms with Gasteiger partial charge in [0.2, 0.25) is 0 Å². The summed E-state index contributed by atoms with van der Waals surface area (Å²) in [5, 5.41) is 3.98. The monoisotopic (exact) mass is 280 g/mol. The molecule has 0 bridgehead atoms. The van der Waals surface area contributed by atoms with E-state index in [-0.39, 0.29) is 17.4 Å². The van der Waals surface area contributed by atoms with Gasteiger partial charge in [0.25, 0.3) is 0 Å². The molecule has 0 saturated carbocycles. The molecule has 1 aromatic carbocycles. The van der Waals surface area contributed by atoms with Crippen molar-refractivity contribution < 1.29 is 13.9 Å². The first kappa shape index (κ1) is 13.6. The average Bonchev–Trinajstić information content (AvgIpc) is 2.77. The van der Waals surface area contributed by atoms with Crippen molar-refractivity contribution in [2.75, 3.05) is 12.9 Å². The topological polar surface area (TPSA) is 44.1 Å². The molecule has 6 heteroatoms. The zero-order valence-corrected chi connectivity index (χ0v) is 11.4. The number of thioether (sulfide) groups is 1. The number of halogens is 1. The van der Waals surface area contributed by atoms with Crippen molar-refractivity contribution in [1.29, 1.82) is 0 Å². The number of methoxy groups -OCH3 is 1. The van der Waals surface area contributed by atoms with Crippen LogP contribution >= 0.6 is 11.8 Å². The predicted molar refractivity (Wildman–Crippen MR) is 71.2 cm³/mol. The number of ketones is 1. The van der Waals surface area contributed by atoms with Crippen LogP contribution in [-0.2, 0) is 7.05 Å². The molecule has 0 radical (unpaired) electrons. The number of rotatable bonds is 5. The number of nitrogens with zero attached hydrogens (tertiary/aromatic N) is 2. The maximum Gasteiger partial charge on any atom is 0.194 e. The molecule has 0 fully saturated rings. The Morgan fingerprint density at radius 3 is 3.00 bits per heavy atom. The summed E-state index contributed by atoms with van der Waals surface area (Å²) in [4.78, 5) is 12.8. The zero-order chi connectivity index (χ0) is 13.8. The Labute approximate surface area is 114 Å². The number of benzene rings is 1. The van der Waals surface area contributed by atoms with Crippen LogP contribution in [0, 0.1) is 5.82 Å². The second-order valence-corrected chi connectivity index (χ2v) is 4.90. The number of aromatic nitrogens is 2. The Morgan fingerprint density at radius 1 is 1.53 bits per heavy atom. The van der Waals surface area contributed by atoms with Gasteiger partial charge < -0.3 is 4.74 Å². The molecule has 0 aliphatic carbocycles. The quantitative estimate of drug-likeness (QED) is 0.623. The van der Waals surface area contributed by atoms with Crippen LogP contribution in [0.15, 0.2) is 35.4 Å². The fraction of sp³-hybridized carbons (Fsp3) is 0.231. The Morgan fingerprint density at radius 2 is 2.32 bits per heavy atom. The third-order valence-corrected chi connectivity index (χ3v) is 3.55. The Kier molecular flexibility index (Phi) is 4.21. The summed E-state index contributed by atoms with van der Waals surface area (Å²) in [6.45, 7) is 0. The molecule has 100 valence electrons. The second kappa shape index (κ2) is 5.88. The van der Waals surface area contributed by atoms with Gasteiger partial charge in [-0.3, -0.25) is 9.48 Å². The number of aryl methyl sites for hydroxylation is 1. The lowest BCUT2D eigenvalue weighted by Gasteiger charge is -2.04. The molecule has 0 aliphatic heterocycles. The van der Waals surface area contributed by atoms with E-state index in [1.54, 1.807) is 19.2 Å². The Hall–Kier alpha value is -1.82. The summed E-state index contributed by atoms with van der Waals surface area (Å²) >= 11 is 1.28. The van der Waals surface area contributed by atoms with Crippen molar-refractivity contribution in [3.05, 3.63) is 42.0 Å². The summed E-state index contributed by atoms with van der Waals surface area (Å²) in [7, 11) is 3.18. The van der Waals surface area contributed by atoms with Gasteiger partial charge in [-0.05, 0) is 18.2 Å². The van der Waals surface area contributed by atoms with E-state index in [1.165, 1.54) is 41.9 Å². The lowest BCUT2D eigenvalue weighted by atomic mass is 10.3. The lowest BCUT2D eigenvalue weighted by Crippen LogP contribution is -2.10. The third kappa shape index (κ3) is 3.14. The predicted octanol–water partition coefficient (Wildman–Crippen LogP) is 2.54. The van der Waals surface area contributed by atoms with Gasteiger partial charge in [0.05, 0.1) is 19.1 Å². The molecular formula is C13H13FN2O2S. The van der Waals surface area contributed by atoms with Crippen LogP contribution in [0.3, 0.4) is 0 Å². The summed E-state index contributed by atoms with van der Waals surface area (Å²) in [5.41, 5.74) is 0.423. The summed E-state index contributed by atoms with van der Waals surface area (Å²) < 4.78 is 19.6. The van der Waals surface area contributed by atoms with E-state index in [9.17, 15) is 9.18 Å². The minimum absolute atomic E-state index is 0.105. The normalized spacial score (nSPS) is 10.5. The molecule has 0 N–H and O–H groups in total. The highest BCUT2D eigenvalue weighted by atomic mass is 32.2. The van der Waals surface area contributed by atoms with Gasteiger partial charge in [-0.1, -0.05) is 6.07 Å². The molecule has 0 unspecified atom stereocenters. The van der Waals surface area contributed by atoms with Crippen molar-refractivity contribution in [3.63, 3.8) is 0 Å². The van der Waals surface area contributed by atoms with Crippen LogP contribution in [0.2, 0.25) is 0 Å². The molecule has 1 aromatic heterocycles. The minimum atomic E-state index is -0.310. The molecule has 19 heavy (non-hydrogen) atoms. The average molecular weight is 280 g/mol.